The molecule has 0 saturated heterocycles. The summed E-state index contributed by atoms with van der Waals surface area (Å²) in [5.74, 6) is 0.348. The van der Waals surface area contributed by atoms with Gasteiger partial charge in [-0.15, -0.1) is 0 Å². The van der Waals surface area contributed by atoms with Gasteiger partial charge in [0.25, 0.3) is 0 Å². The molecule has 0 bridgehead atoms. The van der Waals surface area contributed by atoms with E-state index >= 15 is 0 Å². The lowest BCUT2D eigenvalue weighted by molar-refractivity contribution is -0.125. The van der Waals surface area contributed by atoms with E-state index in [1.54, 1.807) is 0 Å². The van der Waals surface area contributed by atoms with Crippen LogP contribution in [0.25, 0.3) is 0 Å². The number of halogens is 1. The number of carbonyl (C=O) groups is 1. The number of carbonyl (C=O) groups excluding carboxylic acids is 1. The largest absolute Gasteiger partial charge is 0.343 e. The van der Waals surface area contributed by atoms with Crippen LogP contribution in [-0.4, -0.2) is 12.5 Å². The Morgan fingerprint density at radius 1 is 1.37 bits per heavy atom. The normalized spacial score (nSPS) is 11.9. The Bertz CT molecular complexity index is 448. The van der Waals surface area contributed by atoms with E-state index in [0.29, 0.717) is 12.3 Å². The Balaban J connectivity index is 2.71. The minimum atomic E-state index is -0.0745. The fourth-order valence-corrected chi connectivity index (χ4v) is 2.29. The first-order valence-corrected chi connectivity index (χ1v) is 7.21. The first-order chi connectivity index (χ1) is 9.02. The molecule has 1 aromatic rings. The number of amides is 1. The van der Waals surface area contributed by atoms with Crippen LogP contribution in [-0.2, 0) is 11.2 Å². The molecule has 102 valence electrons. The zero-order valence-corrected chi connectivity index (χ0v) is 12.9. The summed E-state index contributed by atoms with van der Waals surface area (Å²) in [4.78, 5) is 12.0. The second-order valence-corrected chi connectivity index (χ2v) is 5.95. The number of rotatable bonds is 6. The fourth-order valence-electron chi connectivity index (χ4n) is 2.03. The summed E-state index contributed by atoms with van der Waals surface area (Å²) < 4.78 is 1.03. The Morgan fingerprint density at radius 3 is 2.53 bits per heavy atom. The summed E-state index contributed by atoms with van der Waals surface area (Å²) in [6, 6.07) is 9.95. The van der Waals surface area contributed by atoms with Gasteiger partial charge in [-0.3, -0.25) is 4.79 Å². The van der Waals surface area contributed by atoms with Crippen molar-refractivity contribution in [2.45, 2.75) is 26.7 Å². The van der Waals surface area contributed by atoms with Crippen molar-refractivity contribution in [3.05, 3.63) is 34.3 Å². The molecule has 1 aromatic carbocycles. The zero-order valence-electron chi connectivity index (χ0n) is 11.3. The zero-order chi connectivity index (χ0) is 14.3. The molecule has 1 atom stereocenters. The average molecular weight is 323 g/mol. The molecule has 1 amide bonds. The van der Waals surface area contributed by atoms with E-state index in [1.807, 2.05) is 30.3 Å². The lowest BCUT2D eigenvalue weighted by Gasteiger charge is -2.18. The second-order valence-electron chi connectivity index (χ2n) is 5.03. The Morgan fingerprint density at radius 2 is 2.00 bits per heavy atom. The van der Waals surface area contributed by atoms with Crippen LogP contribution in [0.1, 0.15) is 25.8 Å². The number of benzene rings is 1. The molecular weight excluding hydrogens is 304 g/mol. The standard InChI is InChI=1S/C15H19BrN2O/c1-11(2)9-13(15(19)18-8-7-17)10-12-3-5-14(16)6-4-12/h3-6,11,13H,8-10H2,1-2H3,(H,18,19). The molecule has 0 aromatic heterocycles. The van der Waals surface area contributed by atoms with Crippen molar-refractivity contribution in [3.63, 3.8) is 0 Å². The van der Waals surface area contributed by atoms with Crippen LogP contribution in [0.2, 0.25) is 0 Å². The van der Waals surface area contributed by atoms with E-state index < -0.39 is 0 Å². The summed E-state index contributed by atoms with van der Waals surface area (Å²) in [5, 5.41) is 11.2. The number of hydrogen-bond donors (Lipinski definition) is 1. The summed E-state index contributed by atoms with van der Waals surface area (Å²) in [6.45, 7) is 4.28. The minimum Gasteiger partial charge on any atom is -0.343 e. The number of hydrogen-bond acceptors (Lipinski definition) is 2. The molecule has 1 unspecified atom stereocenters. The van der Waals surface area contributed by atoms with Gasteiger partial charge in [-0.2, -0.15) is 5.26 Å². The van der Waals surface area contributed by atoms with Gasteiger partial charge >= 0.3 is 0 Å². The third-order valence-corrected chi connectivity index (χ3v) is 3.39. The van der Waals surface area contributed by atoms with Crippen LogP contribution in [0.4, 0.5) is 0 Å². The third kappa shape index (κ3) is 5.89. The Labute approximate surface area is 123 Å². The smallest absolute Gasteiger partial charge is 0.224 e. The molecule has 0 saturated carbocycles. The lowest BCUT2D eigenvalue weighted by atomic mass is 9.90. The van der Waals surface area contributed by atoms with Crippen molar-refractivity contribution in [2.24, 2.45) is 11.8 Å². The van der Waals surface area contributed by atoms with E-state index in [-0.39, 0.29) is 18.4 Å². The van der Waals surface area contributed by atoms with Gasteiger partial charge < -0.3 is 5.32 Å². The van der Waals surface area contributed by atoms with Crippen molar-refractivity contribution >= 4 is 21.8 Å². The Kier molecular flexibility index (Phi) is 6.58. The predicted octanol–water partition coefficient (Wildman–Crippen LogP) is 3.29. The molecule has 4 heteroatoms. The predicted molar refractivity (Wildman–Crippen MR) is 79.4 cm³/mol. The molecule has 0 fully saturated rings. The van der Waals surface area contributed by atoms with Crippen LogP contribution in [0, 0.1) is 23.2 Å². The van der Waals surface area contributed by atoms with Gasteiger partial charge in [-0.05, 0) is 36.5 Å². The second kappa shape index (κ2) is 7.96. The van der Waals surface area contributed by atoms with Gasteiger partial charge in [-0.1, -0.05) is 41.9 Å². The highest BCUT2D eigenvalue weighted by Gasteiger charge is 2.19. The summed E-state index contributed by atoms with van der Waals surface area (Å²) in [6.07, 6.45) is 1.54. The van der Waals surface area contributed by atoms with E-state index in [1.165, 1.54) is 0 Å². The van der Waals surface area contributed by atoms with Crippen molar-refractivity contribution in [2.75, 3.05) is 6.54 Å². The number of nitrogens with zero attached hydrogens (tertiary/aromatic N) is 1. The molecular formula is C15H19BrN2O. The summed E-state index contributed by atoms with van der Waals surface area (Å²) in [5.41, 5.74) is 1.14. The van der Waals surface area contributed by atoms with E-state index in [9.17, 15) is 4.79 Å². The van der Waals surface area contributed by atoms with Gasteiger partial charge in [0.1, 0.15) is 6.54 Å². The number of nitriles is 1. The molecule has 3 nitrogen and oxygen atoms in total. The maximum absolute atomic E-state index is 12.0. The summed E-state index contributed by atoms with van der Waals surface area (Å²) in [7, 11) is 0. The molecule has 0 radical (unpaired) electrons. The maximum atomic E-state index is 12.0. The van der Waals surface area contributed by atoms with E-state index in [4.69, 9.17) is 5.26 Å². The molecule has 19 heavy (non-hydrogen) atoms. The van der Waals surface area contributed by atoms with Gasteiger partial charge in [-0.25, -0.2) is 0 Å². The van der Waals surface area contributed by atoms with E-state index in [0.717, 1.165) is 16.5 Å². The Hall–Kier alpha value is -1.34. The van der Waals surface area contributed by atoms with Crippen LogP contribution in [0.5, 0.6) is 0 Å². The molecule has 0 aliphatic carbocycles. The van der Waals surface area contributed by atoms with Crippen LogP contribution < -0.4 is 5.32 Å². The molecule has 0 aliphatic rings. The van der Waals surface area contributed by atoms with Crippen molar-refractivity contribution in [3.8, 4) is 6.07 Å². The molecule has 0 spiro atoms. The van der Waals surface area contributed by atoms with E-state index in [2.05, 4.69) is 35.1 Å². The monoisotopic (exact) mass is 322 g/mol. The first-order valence-electron chi connectivity index (χ1n) is 6.42. The van der Waals surface area contributed by atoms with Crippen molar-refractivity contribution in [1.29, 1.82) is 5.26 Å². The highest BCUT2D eigenvalue weighted by molar-refractivity contribution is 9.10. The van der Waals surface area contributed by atoms with Crippen LogP contribution >= 0.6 is 15.9 Å². The molecule has 0 aliphatic heterocycles. The van der Waals surface area contributed by atoms with Gasteiger partial charge in [0.05, 0.1) is 6.07 Å². The molecule has 1 rings (SSSR count). The highest BCUT2D eigenvalue weighted by Crippen LogP contribution is 2.19. The third-order valence-electron chi connectivity index (χ3n) is 2.86. The first kappa shape index (κ1) is 15.7. The fraction of sp³-hybridized carbons (Fsp3) is 0.467. The maximum Gasteiger partial charge on any atom is 0.224 e. The van der Waals surface area contributed by atoms with Crippen LogP contribution in [0.3, 0.4) is 0 Å². The SMILES string of the molecule is CC(C)CC(Cc1ccc(Br)cc1)C(=O)NCC#N. The average Bonchev–Trinajstić information content (AvgIpc) is 2.37. The van der Waals surface area contributed by atoms with Gasteiger partial charge in [0.15, 0.2) is 0 Å². The quantitative estimate of drug-likeness (QED) is 0.817. The molecule has 0 heterocycles. The molecule has 1 N–H and O–H groups in total. The number of nitrogens with one attached hydrogen (secondary N) is 1. The van der Waals surface area contributed by atoms with Gasteiger partial charge in [0.2, 0.25) is 5.91 Å². The summed E-state index contributed by atoms with van der Waals surface area (Å²) >= 11 is 3.40. The van der Waals surface area contributed by atoms with Crippen molar-refractivity contribution < 1.29 is 4.79 Å². The minimum absolute atomic E-state index is 0.0295. The van der Waals surface area contributed by atoms with Crippen LogP contribution in [0.15, 0.2) is 28.7 Å². The topological polar surface area (TPSA) is 52.9 Å². The van der Waals surface area contributed by atoms with Gasteiger partial charge in [0, 0.05) is 10.4 Å². The lowest BCUT2D eigenvalue weighted by Crippen LogP contribution is -2.33. The van der Waals surface area contributed by atoms with Crippen molar-refractivity contribution in [1.82, 2.24) is 5.32 Å². The highest BCUT2D eigenvalue weighted by atomic mass is 79.9.